The van der Waals surface area contributed by atoms with E-state index in [0.717, 1.165) is 0 Å². The number of imidazole rings is 1. The lowest BCUT2D eigenvalue weighted by Crippen LogP contribution is -2.25. The van der Waals surface area contributed by atoms with Crippen LogP contribution in [0.3, 0.4) is 0 Å². The number of nitrogens with zero attached hydrogens (tertiary/aromatic N) is 4. The molecule has 0 aliphatic rings. The fourth-order valence-electron chi connectivity index (χ4n) is 1.64. The molecule has 0 spiro atoms. The molecule has 0 aromatic carbocycles. The van der Waals surface area contributed by atoms with Gasteiger partial charge in [0.25, 0.3) is 0 Å². The van der Waals surface area contributed by atoms with E-state index in [1.54, 1.807) is 12.4 Å². The number of hydrogen-bond donors (Lipinski definition) is 1. The van der Waals surface area contributed by atoms with E-state index < -0.39 is 5.97 Å². The molecule has 2 aromatic rings. The molecule has 94 valence electrons. The zero-order chi connectivity index (χ0) is 13.1. The lowest BCUT2D eigenvalue weighted by Gasteiger charge is -2.04. The van der Waals surface area contributed by atoms with Crippen molar-refractivity contribution in [1.29, 1.82) is 0 Å². The number of carboxylic acid groups (broad SMARTS) is 1. The summed E-state index contributed by atoms with van der Waals surface area (Å²) >= 11 is 0. The van der Waals surface area contributed by atoms with Crippen LogP contribution in [0.2, 0.25) is 0 Å². The molecule has 0 radical (unpaired) electrons. The van der Waals surface area contributed by atoms with Gasteiger partial charge in [-0.05, 0) is 6.92 Å². The van der Waals surface area contributed by atoms with Crippen LogP contribution in [-0.4, -0.2) is 30.2 Å². The van der Waals surface area contributed by atoms with Gasteiger partial charge in [0.1, 0.15) is 11.9 Å². The topological polar surface area (TPSA) is 90.0 Å². The molecule has 2 heterocycles. The summed E-state index contributed by atoms with van der Waals surface area (Å²) in [6.45, 7) is 2.55. The van der Waals surface area contributed by atoms with E-state index in [0.29, 0.717) is 12.2 Å². The molecule has 7 nitrogen and oxygen atoms in total. The average Bonchev–Trinajstić information content (AvgIpc) is 2.71. The van der Waals surface area contributed by atoms with Gasteiger partial charge in [0.15, 0.2) is 0 Å². The lowest BCUT2D eigenvalue weighted by atomic mass is 10.2. The van der Waals surface area contributed by atoms with Crippen LogP contribution in [-0.2, 0) is 13.1 Å². The highest BCUT2D eigenvalue weighted by Crippen LogP contribution is 2.05. The Balaban J connectivity index is 2.37. The Labute approximate surface area is 102 Å². The van der Waals surface area contributed by atoms with Crippen molar-refractivity contribution in [2.75, 3.05) is 0 Å². The van der Waals surface area contributed by atoms with Gasteiger partial charge >= 0.3 is 11.7 Å². The zero-order valence-electron chi connectivity index (χ0n) is 9.78. The Morgan fingerprint density at radius 1 is 1.39 bits per heavy atom. The van der Waals surface area contributed by atoms with Crippen molar-refractivity contribution in [1.82, 2.24) is 19.1 Å². The fourth-order valence-corrected chi connectivity index (χ4v) is 1.64. The first kappa shape index (κ1) is 12.0. The van der Waals surface area contributed by atoms with Crippen molar-refractivity contribution in [3.05, 3.63) is 46.7 Å². The molecule has 7 heteroatoms. The molecule has 2 rings (SSSR count). The second-order valence-corrected chi connectivity index (χ2v) is 3.68. The molecule has 0 atom stereocenters. The minimum Gasteiger partial charge on any atom is -0.478 e. The van der Waals surface area contributed by atoms with Crippen molar-refractivity contribution in [3.63, 3.8) is 0 Å². The Kier molecular flexibility index (Phi) is 3.22. The van der Waals surface area contributed by atoms with E-state index in [1.165, 1.54) is 21.7 Å². The van der Waals surface area contributed by atoms with Crippen LogP contribution in [0.4, 0.5) is 0 Å². The van der Waals surface area contributed by atoms with Crippen LogP contribution in [0, 0.1) is 0 Å². The molecule has 0 aliphatic heterocycles. The monoisotopic (exact) mass is 248 g/mol. The maximum Gasteiger partial charge on any atom is 0.339 e. The smallest absolute Gasteiger partial charge is 0.339 e. The van der Waals surface area contributed by atoms with Gasteiger partial charge in [-0.1, -0.05) is 0 Å². The first-order valence-corrected chi connectivity index (χ1v) is 5.41. The summed E-state index contributed by atoms with van der Waals surface area (Å²) in [5, 5.41) is 8.99. The zero-order valence-corrected chi connectivity index (χ0v) is 9.78. The van der Waals surface area contributed by atoms with Crippen LogP contribution in [0.25, 0.3) is 0 Å². The van der Waals surface area contributed by atoms with Crippen molar-refractivity contribution < 1.29 is 9.90 Å². The average molecular weight is 248 g/mol. The standard InChI is InChI=1S/C11H12N4O3/c1-2-14-3-4-15(11(14)18)6-9-8(10(16)17)5-12-7-13-9/h3-5,7H,2,6H2,1H3,(H,16,17). The van der Waals surface area contributed by atoms with E-state index in [4.69, 9.17) is 5.11 Å². The second kappa shape index (κ2) is 4.82. The van der Waals surface area contributed by atoms with E-state index in [2.05, 4.69) is 9.97 Å². The van der Waals surface area contributed by atoms with E-state index in [-0.39, 0.29) is 17.8 Å². The van der Waals surface area contributed by atoms with Gasteiger partial charge in [0.2, 0.25) is 0 Å². The van der Waals surface area contributed by atoms with Crippen molar-refractivity contribution >= 4 is 5.97 Å². The summed E-state index contributed by atoms with van der Waals surface area (Å²) in [6, 6.07) is 0. The van der Waals surface area contributed by atoms with Crippen LogP contribution < -0.4 is 5.69 Å². The van der Waals surface area contributed by atoms with Gasteiger partial charge in [-0.15, -0.1) is 0 Å². The summed E-state index contributed by atoms with van der Waals surface area (Å²) in [7, 11) is 0. The Morgan fingerprint density at radius 2 is 2.11 bits per heavy atom. The first-order valence-electron chi connectivity index (χ1n) is 5.41. The van der Waals surface area contributed by atoms with E-state index >= 15 is 0 Å². The highest BCUT2D eigenvalue weighted by atomic mass is 16.4. The fraction of sp³-hybridized carbons (Fsp3) is 0.273. The summed E-state index contributed by atoms with van der Waals surface area (Å²) < 4.78 is 2.94. The number of aryl methyl sites for hydroxylation is 1. The third-order valence-corrected chi connectivity index (χ3v) is 2.60. The molecule has 1 N–H and O–H groups in total. The highest BCUT2D eigenvalue weighted by molar-refractivity contribution is 5.88. The molecule has 0 saturated carbocycles. The molecule has 18 heavy (non-hydrogen) atoms. The minimum atomic E-state index is -1.10. The maximum atomic E-state index is 11.8. The van der Waals surface area contributed by atoms with E-state index in [1.807, 2.05) is 6.92 Å². The largest absolute Gasteiger partial charge is 0.478 e. The van der Waals surface area contributed by atoms with Crippen LogP contribution in [0.15, 0.2) is 29.7 Å². The third kappa shape index (κ3) is 2.15. The predicted molar refractivity (Wildman–Crippen MR) is 62.5 cm³/mol. The number of hydrogen-bond acceptors (Lipinski definition) is 4. The minimum absolute atomic E-state index is 0.00801. The molecule has 2 aromatic heterocycles. The van der Waals surface area contributed by atoms with Gasteiger partial charge in [0, 0.05) is 25.1 Å². The van der Waals surface area contributed by atoms with Crippen molar-refractivity contribution in [2.24, 2.45) is 0 Å². The number of carbonyl (C=O) groups is 1. The SMILES string of the molecule is CCn1ccn(Cc2ncncc2C(=O)O)c1=O. The van der Waals surface area contributed by atoms with Gasteiger partial charge in [-0.2, -0.15) is 0 Å². The molecule has 0 fully saturated rings. The number of carboxylic acids is 1. The first-order chi connectivity index (χ1) is 8.63. The van der Waals surface area contributed by atoms with Crippen LogP contribution in [0.5, 0.6) is 0 Å². The Morgan fingerprint density at radius 3 is 2.72 bits per heavy atom. The van der Waals surface area contributed by atoms with Gasteiger partial charge in [0.05, 0.1) is 12.2 Å². The molecule has 0 bridgehead atoms. The number of aromatic carboxylic acids is 1. The molecule has 0 aliphatic carbocycles. The summed E-state index contributed by atoms with van der Waals surface area (Å²) in [5.74, 6) is -1.10. The van der Waals surface area contributed by atoms with E-state index in [9.17, 15) is 9.59 Å². The molecule has 0 saturated heterocycles. The second-order valence-electron chi connectivity index (χ2n) is 3.68. The van der Waals surface area contributed by atoms with Crippen LogP contribution in [0.1, 0.15) is 23.0 Å². The molecule has 0 unspecified atom stereocenters. The van der Waals surface area contributed by atoms with Crippen LogP contribution >= 0.6 is 0 Å². The summed E-state index contributed by atoms with van der Waals surface area (Å²) in [4.78, 5) is 30.4. The molecular weight excluding hydrogens is 236 g/mol. The lowest BCUT2D eigenvalue weighted by molar-refractivity contribution is 0.0694. The molecule has 0 amide bonds. The molecular formula is C11H12N4O3. The Hall–Kier alpha value is -2.44. The van der Waals surface area contributed by atoms with Crippen molar-refractivity contribution in [3.8, 4) is 0 Å². The predicted octanol–water partition coefficient (Wildman–Crippen LogP) is 0.206. The summed E-state index contributed by atoms with van der Waals surface area (Å²) in [5.41, 5.74) is 0.134. The third-order valence-electron chi connectivity index (χ3n) is 2.60. The van der Waals surface area contributed by atoms with Gasteiger partial charge in [-0.25, -0.2) is 19.6 Å². The quantitative estimate of drug-likeness (QED) is 0.835. The van der Waals surface area contributed by atoms with Gasteiger partial charge < -0.3 is 5.11 Å². The Bertz CT molecular complexity index is 629. The van der Waals surface area contributed by atoms with Crippen molar-refractivity contribution in [2.45, 2.75) is 20.0 Å². The normalized spacial score (nSPS) is 10.5. The number of rotatable bonds is 4. The number of aromatic nitrogens is 4. The highest BCUT2D eigenvalue weighted by Gasteiger charge is 2.13. The summed E-state index contributed by atoms with van der Waals surface area (Å²) in [6.07, 6.45) is 5.76. The maximum absolute atomic E-state index is 11.8. The van der Waals surface area contributed by atoms with Gasteiger partial charge in [-0.3, -0.25) is 9.13 Å².